The lowest BCUT2D eigenvalue weighted by molar-refractivity contribution is -0.197. The summed E-state index contributed by atoms with van der Waals surface area (Å²) in [5.74, 6) is -1.14. The minimum atomic E-state index is -4.18. The standard InChI is InChI=1S/C20H22F3N7O/c1-11-7-24-17-16(12-5-14(6-12)20(21,22)23)27-19(28-18(17)26-11)30-3-4-31-15(10-30)13-8-25-29(2)9-13/h7-9,12,14-15H,3-6,10H2,1-2H3/t12-,14+,15-/m1/s1. The molecule has 2 fully saturated rings. The summed E-state index contributed by atoms with van der Waals surface area (Å²) in [7, 11) is 1.84. The average Bonchev–Trinajstić information content (AvgIpc) is 3.12. The van der Waals surface area contributed by atoms with Crippen molar-refractivity contribution in [3.63, 3.8) is 0 Å². The number of fused-ring (bicyclic) bond motifs is 1. The molecule has 1 saturated carbocycles. The molecular formula is C20H22F3N7O. The highest BCUT2D eigenvalue weighted by molar-refractivity contribution is 5.74. The Bertz CT molecular complexity index is 1110. The lowest BCUT2D eigenvalue weighted by Gasteiger charge is -2.37. The van der Waals surface area contributed by atoms with Crippen molar-refractivity contribution < 1.29 is 17.9 Å². The quantitative estimate of drug-likeness (QED) is 0.628. The van der Waals surface area contributed by atoms with Crippen molar-refractivity contribution in [2.24, 2.45) is 13.0 Å². The van der Waals surface area contributed by atoms with E-state index in [2.05, 4.69) is 20.1 Å². The van der Waals surface area contributed by atoms with Crippen LogP contribution in [0.25, 0.3) is 11.2 Å². The van der Waals surface area contributed by atoms with Crippen molar-refractivity contribution in [2.75, 3.05) is 24.6 Å². The van der Waals surface area contributed by atoms with E-state index in [1.54, 1.807) is 17.1 Å². The Morgan fingerprint density at radius 1 is 1.13 bits per heavy atom. The van der Waals surface area contributed by atoms with Gasteiger partial charge >= 0.3 is 6.18 Å². The van der Waals surface area contributed by atoms with Crippen LogP contribution in [0.1, 0.15) is 41.8 Å². The van der Waals surface area contributed by atoms with Crippen LogP contribution < -0.4 is 4.90 Å². The maximum Gasteiger partial charge on any atom is 0.391 e. The number of alkyl halides is 3. The molecule has 11 heteroatoms. The highest BCUT2D eigenvalue weighted by atomic mass is 19.4. The molecule has 31 heavy (non-hydrogen) atoms. The lowest BCUT2D eigenvalue weighted by atomic mass is 9.72. The number of halogens is 3. The first-order valence-electron chi connectivity index (χ1n) is 10.2. The zero-order valence-electron chi connectivity index (χ0n) is 17.2. The topological polar surface area (TPSA) is 81.9 Å². The second-order valence-corrected chi connectivity index (χ2v) is 8.25. The molecule has 0 spiro atoms. The van der Waals surface area contributed by atoms with Gasteiger partial charge in [0.25, 0.3) is 0 Å². The molecular weight excluding hydrogens is 411 g/mol. The fourth-order valence-electron chi connectivity index (χ4n) is 4.18. The first-order valence-corrected chi connectivity index (χ1v) is 10.2. The van der Waals surface area contributed by atoms with Crippen LogP contribution in [0.3, 0.4) is 0 Å². The highest BCUT2D eigenvalue weighted by Crippen LogP contribution is 2.50. The number of aryl methyl sites for hydroxylation is 2. The average molecular weight is 433 g/mol. The Balaban J connectivity index is 1.47. The Hall–Kier alpha value is -2.82. The maximum absolute atomic E-state index is 13.0. The summed E-state index contributed by atoms with van der Waals surface area (Å²) >= 11 is 0. The molecule has 2 aliphatic rings. The van der Waals surface area contributed by atoms with E-state index < -0.39 is 12.1 Å². The predicted molar refractivity (Wildman–Crippen MR) is 105 cm³/mol. The maximum atomic E-state index is 13.0. The Morgan fingerprint density at radius 2 is 1.94 bits per heavy atom. The van der Waals surface area contributed by atoms with Gasteiger partial charge in [-0.05, 0) is 19.8 Å². The molecule has 164 valence electrons. The molecule has 0 N–H and O–H groups in total. The second-order valence-electron chi connectivity index (χ2n) is 8.25. The van der Waals surface area contributed by atoms with Gasteiger partial charge in [0, 0.05) is 37.5 Å². The summed E-state index contributed by atoms with van der Waals surface area (Å²) < 4.78 is 46.7. The van der Waals surface area contributed by atoms with Gasteiger partial charge < -0.3 is 9.64 Å². The van der Waals surface area contributed by atoms with Gasteiger partial charge in [0.15, 0.2) is 5.65 Å². The van der Waals surface area contributed by atoms with Crippen molar-refractivity contribution in [1.82, 2.24) is 29.7 Å². The molecule has 8 nitrogen and oxygen atoms in total. The molecule has 0 aromatic carbocycles. The third-order valence-electron chi connectivity index (χ3n) is 5.98. The summed E-state index contributed by atoms with van der Waals surface area (Å²) in [6.45, 7) is 3.39. The first-order chi connectivity index (χ1) is 14.8. The number of ether oxygens (including phenoxy) is 1. The van der Waals surface area contributed by atoms with E-state index in [4.69, 9.17) is 9.72 Å². The van der Waals surface area contributed by atoms with Crippen LogP contribution in [-0.2, 0) is 11.8 Å². The van der Waals surface area contributed by atoms with Gasteiger partial charge in [-0.2, -0.15) is 23.3 Å². The molecule has 0 amide bonds. The monoisotopic (exact) mass is 433 g/mol. The number of anilines is 1. The Kier molecular flexibility index (Phi) is 4.80. The summed E-state index contributed by atoms with van der Waals surface area (Å²) in [6.07, 6.45) is 0.945. The van der Waals surface area contributed by atoms with E-state index in [0.717, 1.165) is 5.56 Å². The summed E-state index contributed by atoms with van der Waals surface area (Å²) in [5, 5.41) is 4.20. The lowest BCUT2D eigenvalue weighted by Crippen LogP contribution is -2.40. The summed E-state index contributed by atoms with van der Waals surface area (Å²) in [6, 6.07) is 0. The van der Waals surface area contributed by atoms with E-state index in [9.17, 15) is 13.2 Å². The van der Waals surface area contributed by atoms with Crippen LogP contribution in [0, 0.1) is 12.8 Å². The first kappa shape index (κ1) is 20.1. The van der Waals surface area contributed by atoms with Gasteiger partial charge in [-0.3, -0.25) is 4.68 Å². The van der Waals surface area contributed by atoms with Crippen LogP contribution in [0.4, 0.5) is 19.1 Å². The Labute approximate surface area is 176 Å². The molecule has 3 aromatic rings. The van der Waals surface area contributed by atoms with Crippen molar-refractivity contribution in [2.45, 2.75) is 38.0 Å². The molecule has 1 aliphatic carbocycles. The van der Waals surface area contributed by atoms with Crippen LogP contribution in [0.2, 0.25) is 0 Å². The van der Waals surface area contributed by atoms with Crippen molar-refractivity contribution in [3.8, 4) is 0 Å². The third kappa shape index (κ3) is 3.82. The van der Waals surface area contributed by atoms with Gasteiger partial charge in [0.05, 0.1) is 36.7 Å². The van der Waals surface area contributed by atoms with E-state index in [-0.39, 0.29) is 24.9 Å². The number of hydrogen-bond acceptors (Lipinski definition) is 7. The summed E-state index contributed by atoms with van der Waals surface area (Å²) in [4.78, 5) is 20.2. The van der Waals surface area contributed by atoms with Gasteiger partial charge in [0.1, 0.15) is 11.6 Å². The Morgan fingerprint density at radius 3 is 2.65 bits per heavy atom. The second kappa shape index (κ2) is 7.40. The number of aromatic nitrogens is 6. The van der Waals surface area contributed by atoms with Crippen molar-refractivity contribution in [1.29, 1.82) is 0 Å². The van der Waals surface area contributed by atoms with Crippen LogP contribution >= 0.6 is 0 Å². The number of nitrogens with zero attached hydrogens (tertiary/aromatic N) is 7. The molecule has 3 aromatic heterocycles. The normalized spacial score (nSPS) is 24.4. The van der Waals surface area contributed by atoms with Gasteiger partial charge in [-0.15, -0.1) is 0 Å². The van der Waals surface area contributed by atoms with E-state index >= 15 is 0 Å². The minimum absolute atomic E-state index is 0.0199. The smallest absolute Gasteiger partial charge is 0.370 e. The summed E-state index contributed by atoms with van der Waals surface area (Å²) in [5.41, 5.74) is 3.10. The van der Waals surface area contributed by atoms with E-state index in [0.29, 0.717) is 48.2 Å². The zero-order chi connectivity index (χ0) is 21.8. The van der Waals surface area contributed by atoms with Crippen molar-refractivity contribution >= 4 is 17.1 Å². The van der Waals surface area contributed by atoms with Gasteiger partial charge in [-0.1, -0.05) is 0 Å². The van der Waals surface area contributed by atoms with E-state index in [1.807, 2.05) is 25.1 Å². The molecule has 5 rings (SSSR count). The molecule has 1 aliphatic heterocycles. The fourth-order valence-corrected chi connectivity index (χ4v) is 4.18. The zero-order valence-corrected chi connectivity index (χ0v) is 17.2. The van der Waals surface area contributed by atoms with E-state index in [1.165, 1.54) is 0 Å². The van der Waals surface area contributed by atoms with Gasteiger partial charge in [0.2, 0.25) is 5.95 Å². The van der Waals surface area contributed by atoms with Crippen molar-refractivity contribution in [3.05, 3.63) is 35.5 Å². The highest BCUT2D eigenvalue weighted by Gasteiger charge is 2.49. The largest absolute Gasteiger partial charge is 0.391 e. The number of hydrogen-bond donors (Lipinski definition) is 0. The van der Waals surface area contributed by atoms with Gasteiger partial charge in [-0.25, -0.2) is 15.0 Å². The minimum Gasteiger partial charge on any atom is -0.370 e. The fraction of sp³-hybridized carbons (Fsp3) is 0.550. The third-order valence-corrected chi connectivity index (χ3v) is 5.98. The van der Waals surface area contributed by atoms with Crippen LogP contribution in [0.5, 0.6) is 0 Å². The molecule has 0 radical (unpaired) electrons. The molecule has 1 saturated heterocycles. The molecule has 4 heterocycles. The molecule has 0 unspecified atom stereocenters. The molecule has 1 atom stereocenters. The molecule has 0 bridgehead atoms. The number of morpholine rings is 1. The van der Waals surface area contributed by atoms with Crippen LogP contribution in [-0.4, -0.2) is 55.6 Å². The predicted octanol–water partition coefficient (Wildman–Crippen LogP) is 3.10. The number of rotatable bonds is 3. The SMILES string of the molecule is Cc1cnc2c(n1)nc(N1CCO[C@@H](c3cnn(C)c3)C1)nc2[C@H]1C[C@@H](C(F)(F)F)C1. The van der Waals surface area contributed by atoms with Crippen LogP contribution in [0.15, 0.2) is 18.6 Å².